The zero-order valence-electron chi connectivity index (χ0n) is 25.7. The van der Waals surface area contributed by atoms with Crippen LogP contribution in [0.5, 0.6) is 5.75 Å². The van der Waals surface area contributed by atoms with E-state index in [1.54, 1.807) is 6.92 Å². The van der Waals surface area contributed by atoms with Crippen LogP contribution in [0, 0.1) is 11.8 Å². The second-order valence-corrected chi connectivity index (χ2v) is 13.5. The molecule has 3 heterocycles. The summed E-state index contributed by atoms with van der Waals surface area (Å²) >= 11 is 0. The predicted molar refractivity (Wildman–Crippen MR) is 157 cm³/mol. The molecule has 45 heavy (non-hydrogen) atoms. The van der Waals surface area contributed by atoms with Crippen molar-refractivity contribution >= 4 is 5.97 Å². The lowest BCUT2D eigenvalue weighted by Gasteiger charge is -2.53. The molecule has 2 saturated heterocycles. The number of methoxy groups -OCH3 is 1. The van der Waals surface area contributed by atoms with Gasteiger partial charge in [-0.1, -0.05) is 18.6 Å². The van der Waals surface area contributed by atoms with Gasteiger partial charge in [0.05, 0.1) is 18.2 Å². The minimum Gasteiger partial charge on any atom is -0.490 e. The van der Waals surface area contributed by atoms with Gasteiger partial charge in [0.1, 0.15) is 11.9 Å². The quantitative estimate of drug-likeness (QED) is 0.214. The van der Waals surface area contributed by atoms with E-state index in [1.807, 2.05) is 0 Å². The SMILES string of the molecule is COC(=O)CCCC1CC1c1ccc2c(c1)OC(C1CC3CCCC(C1)N3[C@H](C)c1cc(C(F)(F)F)ccc1C(F)(F)F)CC2. The van der Waals surface area contributed by atoms with E-state index in [0.29, 0.717) is 36.5 Å². The first-order valence-electron chi connectivity index (χ1n) is 16.3. The van der Waals surface area contributed by atoms with Crippen LogP contribution in [0.2, 0.25) is 0 Å². The normalized spacial score (nSPS) is 29.0. The lowest BCUT2D eigenvalue weighted by atomic mass is 9.73. The number of benzene rings is 2. The van der Waals surface area contributed by atoms with E-state index in [1.165, 1.54) is 18.2 Å². The van der Waals surface area contributed by atoms with E-state index in [0.717, 1.165) is 70.0 Å². The summed E-state index contributed by atoms with van der Waals surface area (Å²) < 4.78 is 94.0. The van der Waals surface area contributed by atoms with Crippen LogP contribution < -0.4 is 4.74 Å². The summed E-state index contributed by atoms with van der Waals surface area (Å²) in [6.07, 6.45) is -0.242. The molecule has 4 nitrogen and oxygen atoms in total. The third-order valence-electron chi connectivity index (χ3n) is 10.8. The fourth-order valence-electron chi connectivity index (χ4n) is 8.45. The molecule has 6 rings (SSSR count). The Bertz CT molecular complexity index is 1380. The van der Waals surface area contributed by atoms with Crippen molar-refractivity contribution in [3.8, 4) is 5.75 Å². The summed E-state index contributed by atoms with van der Waals surface area (Å²) in [7, 11) is 1.41. The maximum atomic E-state index is 14.0. The molecule has 2 aromatic carbocycles. The number of esters is 1. The Kier molecular flexibility index (Phi) is 8.91. The number of hydrogen-bond donors (Lipinski definition) is 0. The van der Waals surface area contributed by atoms with Gasteiger partial charge < -0.3 is 9.47 Å². The zero-order chi connectivity index (χ0) is 32.1. The second-order valence-electron chi connectivity index (χ2n) is 13.5. The monoisotopic (exact) mass is 637 g/mol. The van der Waals surface area contributed by atoms with E-state index >= 15 is 0 Å². The van der Waals surface area contributed by atoms with Gasteiger partial charge in [-0.3, -0.25) is 9.69 Å². The van der Waals surface area contributed by atoms with Crippen molar-refractivity contribution in [1.82, 2.24) is 4.90 Å². The molecule has 0 spiro atoms. The molecule has 0 N–H and O–H groups in total. The summed E-state index contributed by atoms with van der Waals surface area (Å²) in [6, 6.07) is 7.54. The Balaban J connectivity index is 1.14. The molecule has 5 unspecified atom stereocenters. The Morgan fingerprint density at radius 1 is 0.978 bits per heavy atom. The number of carbonyl (C=O) groups excluding carboxylic acids is 1. The van der Waals surface area contributed by atoms with Crippen LogP contribution >= 0.6 is 0 Å². The van der Waals surface area contributed by atoms with Crippen molar-refractivity contribution in [3.63, 3.8) is 0 Å². The molecule has 2 aromatic rings. The number of aryl methyl sites for hydroxylation is 1. The Morgan fingerprint density at radius 2 is 1.71 bits per heavy atom. The molecule has 3 fully saturated rings. The van der Waals surface area contributed by atoms with Crippen molar-refractivity contribution in [1.29, 1.82) is 0 Å². The number of carbonyl (C=O) groups is 1. The van der Waals surface area contributed by atoms with Crippen LogP contribution in [-0.4, -0.2) is 36.2 Å². The topological polar surface area (TPSA) is 38.8 Å². The highest BCUT2D eigenvalue weighted by Gasteiger charge is 2.46. The van der Waals surface area contributed by atoms with E-state index in [9.17, 15) is 31.1 Å². The summed E-state index contributed by atoms with van der Waals surface area (Å²) in [5.74, 6) is 2.01. The predicted octanol–water partition coefficient (Wildman–Crippen LogP) is 9.26. The fraction of sp³-hybridized carbons (Fsp3) is 0.629. The van der Waals surface area contributed by atoms with E-state index < -0.39 is 29.5 Å². The number of ether oxygens (including phenoxy) is 2. The fourth-order valence-corrected chi connectivity index (χ4v) is 8.45. The minimum absolute atomic E-state index is 0.00246. The second kappa shape index (κ2) is 12.5. The van der Waals surface area contributed by atoms with Crippen LogP contribution in [-0.2, 0) is 28.3 Å². The van der Waals surface area contributed by atoms with E-state index in [-0.39, 0.29) is 35.6 Å². The summed E-state index contributed by atoms with van der Waals surface area (Å²) in [4.78, 5) is 13.5. The Morgan fingerprint density at radius 3 is 2.38 bits per heavy atom. The van der Waals surface area contributed by atoms with Gasteiger partial charge in [0.2, 0.25) is 0 Å². The van der Waals surface area contributed by atoms with Gasteiger partial charge in [0.15, 0.2) is 0 Å². The number of hydrogen-bond acceptors (Lipinski definition) is 4. The largest absolute Gasteiger partial charge is 0.490 e. The first-order valence-corrected chi connectivity index (χ1v) is 16.3. The summed E-state index contributed by atoms with van der Waals surface area (Å²) in [6.45, 7) is 1.63. The number of nitrogens with zero attached hydrogens (tertiary/aromatic N) is 1. The molecule has 246 valence electrons. The van der Waals surface area contributed by atoms with Crippen LogP contribution in [0.4, 0.5) is 26.3 Å². The molecule has 2 bridgehead atoms. The molecule has 1 aliphatic carbocycles. The molecular formula is C35H41F6NO3. The maximum Gasteiger partial charge on any atom is 0.416 e. The van der Waals surface area contributed by atoms with Crippen LogP contribution in [0.15, 0.2) is 36.4 Å². The van der Waals surface area contributed by atoms with Crippen LogP contribution in [0.3, 0.4) is 0 Å². The number of piperidine rings is 2. The van der Waals surface area contributed by atoms with Crippen LogP contribution in [0.25, 0.3) is 0 Å². The van der Waals surface area contributed by atoms with Crippen molar-refractivity contribution < 1.29 is 40.6 Å². The van der Waals surface area contributed by atoms with Gasteiger partial charge in [-0.25, -0.2) is 0 Å². The van der Waals surface area contributed by atoms with Crippen molar-refractivity contribution in [2.24, 2.45) is 11.8 Å². The smallest absolute Gasteiger partial charge is 0.416 e. The lowest BCUT2D eigenvalue weighted by molar-refractivity contribution is -0.142. The molecule has 6 atom stereocenters. The van der Waals surface area contributed by atoms with Crippen molar-refractivity contribution in [2.75, 3.05) is 7.11 Å². The van der Waals surface area contributed by atoms with E-state index in [4.69, 9.17) is 9.47 Å². The number of rotatable bonds is 8. The zero-order valence-corrected chi connectivity index (χ0v) is 25.7. The number of fused-ring (bicyclic) bond motifs is 3. The number of halogens is 6. The van der Waals surface area contributed by atoms with Gasteiger partial charge in [-0.15, -0.1) is 0 Å². The number of alkyl halides is 6. The third-order valence-corrected chi connectivity index (χ3v) is 10.8. The molecular weight excluding hydrogens is 596 g/mol. The van der Waals surface area contributed by atoms with Gasteiger partial charge in [0, 0.05) is 24.5 Å². The standard InChI is InChI=1S/C35H41F6NO3/c1-20(28-19-25(34(36,37)38)12-13-30(28)35(39,40)41)42-26-6-4-7-27(42)16-24(15-26)31-14-11-21-9-10-23(18-32(21)45-31)29-17-22(29)5-3-8-33(43)44-2/h9-10,12-13,18-20,22,24,26-27,29,31H,3-8,11,14-17H2,1-2H3/t20-,22?,24?,26?,27?,29?,31?/m1/s1. The molecule has 1 saturated carbocycles. The van der Waals surface area contributed by atoms with Crippen molar-refractivity contribution in [3.05, 3.63) is 64.2 Å². The average molecular weight is 638 g/mol. The Hall–Kier alpha value is -2.75. The highest BCUT2D eigenvalue weighted by atomic mass is 19.4. The molecule has 10 heteroatoms. The van der Waals surface area contributed by atoms with E-state index in [2.05, 4.69) is 23.1 Å². The molecule has 0 amide bonds. The van der Waals surface area contributed by atoms with Crippen molar-refractivity contribution in [2.45, 2.75) is 120 Å². The Labute approximate surface area is 260 Å². The minimum atomic E-state index is -4.74. The van der Waals surface area contributed by atoms with Crippen LogP contribution in [0.1, 0.15) is 111 Å². The first-order chi connectivity index (χ1) is 21.3. The summed E-state index contributed by atoms with van der Waals surface area (Å²) in [5.41, 5.74) is 0.108. The maximum absolute atomic E-state index is 14.0. The van der Waals surface area contributed by atoms with Gasteiger partial charge in [-0.2, -0.15) is 26.3 Å². The van der Waals surface area contributed by atoms with Gasteiger partial charge in [-0.05, 0) is 123 Å². The first kappa shape index (κ1) is 32.2. The van der Waals surface area contributed by atoms with Gasteiger partial charge in [0.25, 0.3) is 0 Å². The molecule has 0 radical (unpaired) electrons. The lowest BCUT2D eigenvalue weighted by Crippen LogP contribution is -2.55. The molecule has 4 aliphatic rings. The molecule has 0 aromatic heterocycles. The highest BCUT2D eigenvalue weighted by Crippen LogP contribution is 2.52. The highest BCUT2D eigenvalue weighted by molar-refractivity contribution is 5.69. The third kappa shape index (κ3) is 6.86. The summed E-state index contributed by atoms with van der Waals surface area (Å²) in [5, 5.41) is 0. The average Bonchev–Trinajstić information content (AvgIpc) is 3.77. The van der Waals surface area contributed by atoms with Gasteiger partial charge >= 0.3 is 18.3 Å². The molecule has 3 aliphatic heterocycles.